The lowest BCUT2D eigenvalue weighted by Gasteiger charge is -2.14. The Morgan fingerprint density at radius 3 is 2.56 bits per heavy atom. The number of aromatic nitrogens is 2. The van der Waals surface area contributed by atoms with E-state index in [1.54, 1.807) is 26.2 Å². The van der Waals surface area contributed by atoms with Gasteiger partial charge in [-0.05, 0) is 60.5 Å². The highest BCUT2D eigenvalue weighted by molar-refractivity contribution is 6.13. The number of hydrogen-bond donors (Lipinski definition) is 2. The smallest absolute Gasteiger partial charge is 0.275 e. The van der Waals surface area contributed by atoms with Crippen LogP contribution in [0.3, 0.4) is 0 Å². The van der Waals surface area contributed by atoms with E-state index in [9.17, 15) is 4.79 Å². The Morgan fingerprint density at radius 1 is 1.22 bits per heavy atom. The summed E-state index contributed by atoms with van der Waals surface area (Å²) in [7, 11) is 1.61. The average Bonchev–Trinajstić information content (AvgIpc) is 3.08. The monoisotopic (exact) mass is 386 g/mol. The number of ether oxygens (including phenoxy) is 1. The zero-order chi connectivity index (χ0) is 19.4. The summed E-state index contributed by atoms with van der Waals surface area (Å²) in [5.41, 5.74) is 3.67. The lowest BCUT2D eigenvalue weighted by Crippen LogP contribution is -2.16. The van der Waals surface area contributed by atoms with Crippen LogP contribution in [0, 0.1) is 13.8 Å². The minimum absolute atomic E-state index is 0.275. The molecule has 2 heterocycles. The highest BCUT2D eigenvalue weighted by atomic mass is 35.5. The molecule has 0 fully saturated rings. The van der Waals surface area contributed by atoms with Crippen LogP contribution in [0.25, 0.3) is 11.1 Å². The van der Waals surface area contributed by atoms with Gasteiger partial charge < -0.3 is 14.6 Å². The second kappa shape index (κ2) is 8.20. The second-order valence-corrected chi connectivity index (χ2v) is 6.20. The predicted molar refractivity (Wildman–Crippen MR) is 103 cm³/mol. The summed E-state index contributed by atoms with van der Waals surface area (Å²) in [6, 6.07) is 10.9. The third-order valence-corrected chi connectivity index (χ3v) is 4.21. The molecule has 2 N–H and O–H groups in total. The molecular weight excluding hydrogens is 368 g/mol. The van der Waals surface area contributed by atoms with E-state index in [1.165, 1.54) is 0 Å². The Bertz CT molecular complexity index is 954. The van der Waals surface area contributed by atoms with Gasteiger partial charge in [-0.1, -0.05) is 17.3 Å². The van der Waals surface area contributed by atoms with Crippen LogP contribution < -0.4 is 14.9 Å². The lowest BCUT2D eigenvalue weighted by atomic mass is 9.98. The van der Waals surface area contributed by atoms with Gasteiger partial charge in [0.25, 0.3) is 5.91 Å². The van der Waals surface area contributed by atoms with Crippen LogP contribution >= 0.6 is 11.8 Å². The number of nitrogens with one attached hydrogen (secondary N) is 2. The molecule has 3 aromatic rings. The lowest BCUT2D eigenvalue weighted by molar-refractivity contribution is 0.102. The van der Waals surface area contributed by atoms with Gasteiger partial charge in [0.05, 0.1) is 7.11 Å². The predicted octanol–water partition coefficient (Wildman–Crippen LogP) is 3.86. The molecule has 0 radical (unpaired) electrons. The first-order chi connectivity index (χ1) is 13.0. The molecular formula is C19H19ClN4O3. The molecule has 2 aromatic heterocycles. The SMILES string of the molecule is COc1ccc(-c2cc(C(=O)Nc3cc(C)on3)nc(C)c2CNCl)cc1. The molecule has 0 spiro atoms. The Hall–Kier alpha value is -2.90. The van der Waals surface area contributed by atoms with Gasteiger partial charge in [-0.2, -0.15) is 0 Å². The quantitative estimate of drug-likeness (QED) is 0.625. The van der Waals surface area contributed by atoms with E-state index in [0.29, 0.717) is 23.8 Å². The number of nitrogens with zero attached hydrogens (tertiary/aromatic N) is 2. The zero-order valence-corrected chi connectivity index (χ0v) is 15.9. The van der Waals surface area contributed by atoms with Crippen molar-refractivity contribution in [3.8, 4) is 16.9 Å². The van der Waals surface area contributed by atoms with E-state index in [4.69, 9.17) is 21.0 Å². The topological polar surface area (TPSA) is 89.3 Å². The largest absolute Gasteiger partial charge is 0.497 e. The standard InChI is InChI=1S/C19H19ClN4O3/c1-11-8-18(24-27-11)23-19(25)17-9-15(16(10-21-20)12(2)22-17)13-4-6-14(26-3)7-5-13/h4-9,21H,10H2,1-3H3,(H,23,24,25). The number of methoxy groups -OCH3 is 1. The Balaban J connectivity index is 2.00. The van der Waals surface area contributed by atoms with Crippen molar-refractivity contribution in [1.29, 1.82) is 0 Å². The van der Waals surface area contributed by atoms with Gasteiger partial charge in [-0.3, -0.25) is 4.79 Å². The summed E-state index contributed by atoms with van der Waals surface area (Å²) < 4.78 is 10.2. The normalized spacial score (nSPS) is 10.7. The molecule has 0 bridgehead atoms. The Kier molecular flexibility index (Phi) is 5.73. The van der Waals surface area contributed by atoms with Crippen molar-refractivity contribution in [2.45, 2.75) is 20.4 Å². The van der Waals surface area contributed by atoms with E-state index in [2.05, 4.69) is 20.3 Å². The molecule has 0 aliphatic heterocycles. The number of aryl methyl sites for hydroxylation is 2. The molecule has 0 saturated heterocycles. The van der Waals surface area contributed by atoms with Gasteiger partial charge in [0, 0.05) is 18.3 Å². The van der Waals surface area contributed by atoms with Crippen molar-refractivity contribution in [2.75, 3.05) is 12.4 Å². The first-order valence-corrected chi connectivity index (χ1v) is 8.62. The maximum atomic E-state index is 12.6. The van der Waals surface area contributed by atoms with E-state index in [0.717, 1.165) is 22.4 Å². The van der Waals surface area contributed by atoms with Crippen molar-refractivity contribution in [1.82, 2.24) is 15.0 Å². The van der Waals surface area contributed by atoms with Crippen molar-refractivity contribution >= 4 is 23.5 Å². The molecule has 7 nitrogen and oxygen atoms in total. The zero-order valence-electron chi connectivity index (χ0n) is 15.2. The number of carbonyl (C=O) groups is 1. The first-order valence-electron chi connectivity index (χ1n) is 8.25. The van der Waals surface area contributed by atoms with Crippen LogP contribution in [0.1, 0.15) is 27.5 Å². The molecule has 0 saturated carbocycles. The highest BCUT2D eigenvalue weighted by Gasteiger charge is 2.17. The summed E-state index contributed by atoms with van der Waals surface area (Å²) in [5, 5.41) is 6.46. The van der Waals surface area contributed by atoms with Crippen LogP contribution in [-0.2, 0) is 6.54 Å². The summed E-state index contributed by atoms with van der Waals surface area (Å²) >= 11 is 5.73. The molecule has 0 aliphatic rings. The Labute approximate surface area is 161 Å². The van der Waals surface area contributed by atoms with Crippen LogP contribution in [0.4, 0.5) is 5.82 Å². The van der Waals surface area contributed by atoms with E-state index >= 15 is 0 Å². The highest BCUT2D eigenvalue weighted by Crippen LogP contribution is 2.28. The van der Waals surface area contributed by atoms with Crippen LogP contribution in [-0.4, -0.2) is 23.2 Å². The van der Waals surface area contributed by atoms with Gasteiger partial charge >= 0.3 is 0 Å². The van der Waals surface area contributed by atoms with Crippen LogP contribution in [0.15, 0.2) is 40.9 Å². The number of rotatable bonds is 6. The Morgan fingerprint density at radius 2 is 1.96 bits per heavy atom. The van der Waals surface area contributed by atoms with Gasteiger partial charge in [-0.25, -0.2) is 9.82 Å². The molecule has 0 unspecified atom stereocenters. The number of amides is 1. The fourth-order valence-electron chi connectivity index (χ4n) is 2.74. The number of benzene rings is 1. The summed E-state index contributed by atoms with van der Waals surface area (Å²) in [4.78, 5) is 19.7. The molecule has 1 amide bonds. The third kappa shape index (κ3) is 4.27. The minimum atomic E-state index is -0.369. The summed E-state index contributed by atoms with van der Waals surface area (Å²) in [6.45, 7) is 4.00. The van der Waals surface area contributed by atoms with Crippen molar-refractivity contribution in [3.63, 3.8) is 0 Å². The number of pyridine rings is 1. The number of anilines is 1. The maximum Gasteiger partial charge on any atom is 0.275 e. The van der Waals surface area contributed by atoms with Crippen LogP contribution in [0.5, 0.6) is 5.75 Å². The molecule has 8 heteroatoms. The van der Waals surface area contributed by atoms with Crippen LogP contribution in [0.2, 0.25) is 0 Å². The first kappa shape index (κ1) is 18.9. The molecule has 1 aromatic carbocycles. The molecule has 27 heavy (non-hydrogen) atoms. The van der Waals surface area contributed by atoms with Crippen molar-refractivity contribution in [2.24, 2.45) is 0 Å². The van der Waals surface area contributed by atoms with E-state index < -0.39 is 0 Å². The van der Waals surface area contributed by atoms with Gasteiger partial charge in [0.1, 0.15) is 17.2 Å². The fourth-order valence-corrected chi connectivity index (χ4v) is 2.87. The summed E-state index contributed by atoms with van der Waals surface area (Å²) in [6.07, 6.45) is 0. The van der Waals surface area contributed by atoms with Crippen molar-refractivity contribution < 1.29 is 14.1 Å². The van der Waals surface area contributed by atoms with E-state index in [-0.39, 0.29) is 11.6 Å². The minimum Gasteiger partial charge on any atom is -0.497 e. The summed E-state index contributed by atoms with van der Waals surface area (Å²) in [5.74, 6) is 1.33. The van der Waals surface area contributed by atoms with Crippen molar-refractivity contribution in [3.05, 3.63) is 59.1 Å². The second-order valence-electron chi connectivity index (χ2n) is 5.93. The molecule has 0 aliphatic carbocycles. The number of hydrogen-bond acceptors (Lipinski definition) is 6. The molecule has 3 rings (SSSR count). The molecule has 0 atom stereocenters. The maximum absolute atomic E-state index is 12.6. The van der Waals surface area contributed by atoms with Gasteiger partial charge in [0.15, 0.2) is 5.82 Å². The fraction of sp³-hybridized carbons (Fsp3) is 0.211. The molecule has 140 valence electrons. The number of carbonyl (C=O) groups excluding carboxylic acids is 1. The average molecular weight is 387 g/mol. The van der Waals surface area contributed by atoms with Gasteiger partial charge in [-0.15, -0.1) is 0 Å². The van der Waals surface area contributed by atoms with E-state index in [1.807, 2.05) is 31.2 Å². The van der Waals surface area contributed by atoms with Gasteiger partial charge in [0.2, 0.25) is 0 Å². The third-order valence-electron chi connectivity index (χ3n) is 4.08. The number of halogens is 1.